The lowest BCUT2D eigenvalue weighted by Gasteiger charge is -2.30. The van der Waals surface area contributed by atoms with Crippen LogP contribution in [0.15, 0.2) is 41.4 Å². The number of anilines is 1. The van der Waals surface area contributed by atoms with Crippen molar-refractivity contribution in [2.45, 2.75) is 39.7 Å². The smallest absolute Gasteiger partial charge is 0.204 e. The number of aliphatic imine (C=N–C) groups is 1. The molecule has 1 atom stereocenters. The second kappa shape index (κ2) is 10.1. The van der Waals surface area contributed by atoms with Gasteiger partial charge in [0.1, 0.15) is 11.6 Å². The van der Waals surface area contributed by atoms with Crippen molar-refractivity contribution in [3.63, 3.8) is 0 Å². The molecule has 5 nitrogen and oxygen atoms in total. The molecule has 0 saturated carbocycles. The molecule has 1 fully saturated rings. The lowest BCUT2D eigenvalue weighted by atomic mass is 9.86. The molecule has 1 unspecified atom stereocenters. The zero-order valence-electron chi connectivity index (χ0n) is 18.9. The van der Waals surface area contributed by atoms with Gasteiger partial charge >= 0.3 is 0 Å². The monoisotopic (exact) mass is 428 g/mol. The Morgan fingerprint density at radius 2 is 1.67 bits per heavy atom. The highest BCUT2D eigenvalue weighted by Gasteiger charge is 2.52. The summed E-state index contributed by atoms with van der Waals surface area (Å²) in [5.41, 5.74) is 2.58. The zero-order valence-corrected chi connectivity index (χ0v) is 19.8. The maximum atomic E-state index is 13.0. The second-order valence-corrected chi connectivity index (χ2v) is 7.90. The van der Waals surface area contributed by atoms with Crippen molar-refractivity contribution in [1.29, 1.82) is 0 Å². The number of amidine groups is 1. The van der Waals surface area contributed by atoms with Crippen LogP contribution in [0, 0.1) is 13.8 Å². The fourth-order valence-corrected chi connectivity index (χ4v) is 3.51. The number of methoxy groups -OCH3 is 1. The van der Waals surface area contributed by atoms with Gasteiger partial charge in [0.05, 0.1) is 12.8 Å². The number of ketones is 1. The summed E-state index contributed by atoms with van der Waals surface area (Å²) in [4.78, 5) is 19.6. The summed E-state index contributed by atoms with van der Waals surface area (Å²) < 4.78 is 5.19. The second-order valence-electron chi connectivity index (χ2n) is 7.09. The van der Waals surface area contributed by atoms with Crippen LogP contribution >= 0.6 is 11.8 Å². The fourth-order valence-electron chi connectivity index (χ4n) is 3.51. The van der Waals surface area contributed by atoms with E-state index in [1.54, 1.807) is 18.9 Å². The highest BCUT2D eigenvalue weighted by Crippen LogP contribution is 2.40. The lowest BCUT2D eigenvalue weighted by molar-refractivity contribution is 0.0602. The van der Waals surface area contributed by atoms with Crippen molar-refractivity contribution in [1.82, 2.24) is 0 Å². The highest BCUT2D eigenvalue weighted by molar-refractivity contribution is 7.97. The summed E-state index contributed by atoms with van der Waals surface area (Å²) >= 11 is 1.75. The molecule has 0 radical (unpaired) electrons. The van der Waals surface area contributed by atoms with Crippen LogP contribution in [-0.4, -0.2) is 48.5 Å². The minimum atomic E-state index is -1.55. The van der Waals surface area contributed by atoms with Crippen molar-refractivity contribution < 1.29 is 14.6 Å². The molecule has 6 heteroatoms. The standard InChI is InChI=1S/C20H20N2O3.C2H6S.C2H6/c1-12-10-16-17(11-13(12)2)21-19-20(24,18(16)23)8-9-22(19)14-4-6-15(25-3)7-5-14;1-3-2;1-2/h4-7,10-11,24H,8-9H2,1-3H3;1-2H3;1-2H3. The van der Waals surface area contributed by atoms with Crippen molar-refractivity contribution >= 4 is 34.8 Å². The third-order valence-electron chi connectivity index (χ3n) is 5.17. The normalized spacial score (nSPS) is 18.9. The molecule has 2 aromatic carbocycles. The molecule has 1 saturated heterocycles. The lowest BCUT2D eigenvalue weighted by Crippen LogP contribution is -2.48. The SMILES string of the molecule is CC.COc1ccc(N2CCC3(O)C(=O)c4cc(C)c(C)cc4N=C23)cc1.CSC. The molecule has 2 heterocycles. The van der Waals surface area contributed by atoms with E-state index in [1.165, 1.54) is 0 Å². The summed E-state index contributed by atoms with van der Waals surface area (Å²) in [6.07, 6.45) is 4.42. The van der Waals surface area contributed by atoms with Gasteiger partial charge in [0.25, 0.3) is 0 Å². The number of nitrogens with zero attached hydrogens (tertiary/aromatic N) is 2. The van der Waals surface area contributed by atoms with E-state index in [4.69, 9.17) is 4.74 Å². The van der Waals surface area contributed by atoms with Crippen LogP contribution in [0.3, 0.4) is 0 Å². The van der Waals surface area contributed by atoms with Gasteiger partial charge < -0.3 is 14.7 Å². The highest BCUT2D eigenvalue weighted by atomic mass is 32.2. The Labute approximate surface area is 184 Å². The molecular weight excluding hydrogens is 396 g/mol. The van der Waals surface area contributed by atoms with E-state index in [1.807, 2.05) is 81.5 Å². The summed E-state index contributed by atoms with van der Waals surface area (Å²) in [5, 5.41) is 11.1. The van der Waals surface area contributed by atoms with Gasteiger partial charge in [0.15, 0.2) is 5.60 Å². The molecule has 2 aromatic rings. The Morgan fingerprint density at radius 1 is 1.10 bits per heavy atom. The van der Waals surface area contributed by atoms with Crippen molar-refractivity contribution in [2.75, 3.05) is 31.1 Å². The molecule has 2 aliphatic heterocycles. The van der Waals surface area contributed by atoms with E-state index in [2.05, 4.69) is 4.99 Å². The molecule has 30 heavy (non-hydrogen) atoms. The van der Waals surface area contributed by atoms with Gasteiger partial charge in [-0.25, -0.2) is 4.99 Å². The van der Waals surface area contributed by atoms with E-state index in [0.29, 0.717) is 30.1 Å². The van der Waals surface area contributed by atoms with Gasteiger partial charge in [-0.1, -0.05) is 13.8 Å². The fraction of sp³-hybridized carbons (Fsp3) is 0.417. The zero-order chi connectivity index (χ0) is 22.5. The Bertz CT molecular complexity index is 925. The summed E-state index contributed by atoms with van der Waals surface area (Å²) in [7, 11) is 1.62. The average molecular weight is 429 g/mol. The molecule has 1 N–H and O–H groups in total. The van der Waals surface area contributed by atoms with E-state index < -0.39 is 5.60 Å². The quantitative estimate of drug-likeness (QED) is 0.714. The number of hydrogen-bond acceptors (Lipinski definition) is 6. The number of benzene rings is 2. The first-order chi connectivity index (χ1) is 14.3. The summed E-state index contributed by atoms with van der Waals surface area (Å²) in [5.74, 6) is 0.918. The van der Waals surface area contributed by atoms with Crippen molar-refractivity contribution in [2.24, 2.45) is 4.99 Å². The van der Waals surface area contributed by atoms with Gasteiger partial charge in [-0.2, -0.15) is 11.8 Å². The van der Waals surface area contributed by atoms with Gasteiger partial charge in [0, 0.05) is 24.2 Å². The van der Waals surface area contributed by atoms with E-state index in [-0.39, 0.29) is 5.78 Å². The Morgan fingerprint density at radius 3 is 2.23 bits per heavy atom. The third-order valence-corrected chi connectivity index (χ3v) is 5.17. The van der Waals surface area contributed by atoms with Crippen LogP contribution in [-0.2, 0) is 0 Å². The maximum absolute atomic E-state index is 13.0. The minimum Gasteiger partial charge on any atom is -0.497 e. The molecule has 0 aromatic heterocycles. The van der Waals surface area contributed by atoms with Gasteiger partial charge in [-0.15, -0.1) is 0 Å². The number of ether oxygens (including phenoxy) is 1. The summed E-state index contributed by atoms with van der Waals surface area (Å²) in [6.45, 7) is 8.50. The number of carbonyl (C=O) groups is 1. The predicted molar refractivity (Wildman–Crippen MR) is 128 cm³/mol. The van der Waals surface area contributed by atoms with Crippen LogP contribution in [0.1, 0.15) is 41.8 Å². The van der Waals surface area contributed by atoms with Crippen LogP contribution < -0.4 is 9.64 Å². The number of thioether (sulfide) groups is 1. The van der Waals surface area contributed by atoms with E-state index in [0.717, 1.165) is 22.6 Å². The maximum Gasteiger partial charge on any atom is 0.204 e. The molecule has 162 valence electrons. The first-order valence-electron chi connectivity index (χ1n) is 10.1. The topological polar surface area (TPSA) is 62.1 Å². The number of aryl methyl sites for hydroxylation is 2. The van der Waals surface area contributed by atoms with Crippen LogP contribution in [0.5, 0.6) is 5.75 Å². The molecule has 2 aliphatic rings. The number of fused-ring (bicyclic) bond motifs is 2. The molecule has 0 amide bonds. The van der Waals surface area contributed by atoms with Crippen LogP contribution in [0.2, 0.25) is 0 Å². The van der Waals surface area contributed by atoms with Gasteiger partial charge in [-0.3, -0.25) is 4.79 Å². The third kappa shape index (κ3) is 4.40. The molecular formula is C24H32N2O3S. The van der Waals surface area contributed by atoms with Crippen LogP contribution in [0.4, 0.5) is 11.4 Å². The number of Topliss-reactive ketones (excluding diaryl/α,β-unsaturated/α-hetero) is 1. The van der Waals surface area contributed by atoms with Crippen molar-refractivity contribution in [3.8, 4) is 5.75 Å². The molecule has 0 bridgehead atoms. The van der Waals surface area contributed by atoms with E-state index >= 15 is 0 Å². The number of carbonyl (C=O) groups excluding carboxylic acids is 1. The molecule has 0 aliphatic carbocycles. The summed E-state index contributed by atoms with van der Waals surface area (Å²) in [6, 6.07) is 11.3. The Kier molecular flexibility index (Phi) is 8.10. The number of aliphatic hydroxyl groups is 1. The van der Waals surface area contributed by atoms with Crippen LogP contribution in [0.25, 0.3) is 0 Å². The van der Waals surface area contributed by atoms with Gasteiger partial charge in [0.2, 0.25) is 5.78 Å². The largest absolute Gasteiger partial charge is 0.497 e. The minimum absolute atomic E-state index is 0.258. The first kappa shape index (κ1) is 24.0. The molecule has 0 spiro atoms. The first-order valence-corrected chi connectivity index (χ1v) is 11.8. The Balaban J connectivity index is 0.000000590. The Hall–Kier alpha value is -2.31. The number of rotatable bonds is 2. The van der Waals surface area contributed by atoms with E-state index in [9.17, 15) is 9.90 Å². The molecule has 4 rings (SSSR count). The number of hydrogen-bond donors (Lipinski definition) is 1. The average Bonchev–Trinajstić information content (AvgIpc) is 3.10. The van der Waals surface area contributed by atoms with Gasteiger partial charge in [-0.05, 0) is 73.9 Å². The van der Waals surface area contributed by atoms with Crippen molar-refractivity contribution in [3.05, 3.63) is 53.1 Å². The predicted octanol–water partition coefficient (Wildman–Crippen LogP) is 5.19.